The molecular weight excluding hydrogens is 224 g/mol. The Bertz CT molecular complexity index is 344. The third kappa shape index (κ3) is 4.31. The molecule has 1 saturated heterocycles. The summed E-state index contributed by atoms with van der Waals surface area (Å²) < 4.78 is 0. The Balaban J connectivity index is 1.70. The van der Waals surface area contributed by atoms with Crippen molar-refractivity contribution in [2.24, 2.45) is 0 Å². The molecule has 1 aliphatic rings. The van der Waals surface area contributed by atoms with Crippen LogP contribution in [0.15, 0.2) is 24.3 Å². The number of hydrogen-bond acceptors (Lipinski definition) is 3. The Morgan fingerprint density at radius 2 is 2.11 bits per heavy atom. The summed E-state index contributed by atoms with van der Waals surface area (Å²) in [5.74, 6) is 0.332. The number of phenols is 1. The first-order valence-electron chi connectivity index (χ1n) is 6.99. The van der Waals surface area contributed by atoms with Gasteiger partial charge in [0.2, 0.25) is 0 Å². The standard InChI is InChI=1S/C15H24N2O/c1-12(10-14-4-2-3-9-16-14)17-11-13-5-7-15(18)8-6-13/h5-8,12,14,16-18H,2-4,9-11H2,1H3. The SMILES string of the molecule is CC(CC1CCCCN1)NCc1ccc(O)cc1. The van der Waals surface area contributed by atoms with Crippen molar-refractivity contribution in [1.82, 2.24) is 10.6 Å². The summed E-state index contributed by atoms with van der Waals surface area (Å²) in [6.45, 7) is 4.29. The van der Waals surface area contributed by atoms with Crippen LogP contribution in [0, 0.1) is 0 Å². The summed E-state index contributed by atoms with van der Waals surface area (Å²) in [5, 5.41) is 16.3. The van der Waals surface area contributed by atoms with E-state index in [1.165, 1.54) is 37.8 Å². The molecule has 0 amide bonds. The second-order valence-corrected chi connectivity index (χ2v) is 5.33. The molecule has 2 rings (SSSR count). The second-order valence-electron chi connectivity index (χ2n) is 5.33. The average molecular weight is 248 g/mol. The molecule has 1 aromatic rings. The topological polar surface area (TPSA) is 44.3 Å². The fraction of sp³-hybridized carbons (Fsp3) is 0.600. The maximum Gasteiger partial charge on any atom is 0.115 e. The van der Waals surface area contributed by atoms with Crippen molar-refractivity contribution < 1.29 is 5.11 Å². The van der Waals surface area contributed by atoms with E-state index in [9.17, 15) is 5.11 Å². The summed E-state index contributed by atoms with van der Waals surface area (Å²) in [5.41, 5.74) is 1.22. The van der Waals surface area contributed by atoms with Gasteiger partial charge in [-0.3, -0.25) is 0 Å². The van der Waals surface area contributed by atoms with Gasteiger partial charge in [-0.15, -0.1) is 0 Å². The highest BCUT2D eigenvalue weighted by Gasteiger charge is 2.15. The maximum atomic E-state index is 9.22. The van der Waals surface area contributed by atoms with Gasteiger partial charge in [0.05, 0.1) is 0 Å². The third-order valence-electron chi connectivity index (χ3n) is 3.64. The first-order chi connectivity index (χ1) is 8.74. The van der Waals surface area contributed by atoms with E-state index in [-0.39, 0.29) is 0 Å². The molecule has 3 heteroatoms. The van der Waals surface area contributed by atoms with Crippen molar-refractivity contribution in [3.63, 3.8) is 0 Å². The lowest BCUT2D eigenvalue weighted by Crippen LogP contribution is -2.39. The van der Waals surface area contributed by atoms with Crippen molar-refractivity contribution >= 4 is 0 Å². The summed E-state index contributed by atoms with van der Waals surface area (Å²) in [6, 6.07) is 8.62. The lowest BCUT2D eigenvalue weighted by Gasteiger charge is -2.26. The van der Waals surface area contributed by atoms with Crippen LogP contribution in [0.4, 0.5) is 0 Å². The molecule has 0 aromatic heterocycles. The van der Waals surface area contributed by atoms with E-state index >= 15 is 0 Å². The maximum absolute atomic E-state index is 9.22. The van der Waals surface area contributed by atoms with Crippen molar-refractivity contribution in [3.05, 3.63) is 29.8 Å². The van der Waals surface area contributed by atoms with Crippen LogP contribution in [0.25, 0.3) is 0 Å². The first kappa shape index (κ1) is 13.4. The molecule has 0 saturated carbocycles. The van der Waals surface area contributed by atoms with E-state index in [0.29, 0.717) is 17.8 Å². The highest BCUT2D eigenvalue weighted by atomic mass is 16.3. The predicted molar refractivity (Wildman–Crippen MR) is 74.7 cm³/mol. The molecule has 18 heavy (non-hydrogen) atoms. The van der Waals surface area contributed by atoms with Crippen LogP contribution in [-0.4, -0.2) is 23.7 Å². The van der Waals surface area contributed by atoms with E-state index in [1.807, 2.05) is 12.1 Å². The molecule has 1 fully saturated rings. The zero-order chi connectivity index (χ0) is 12.8. The van der Waals surface area contributed by atoms with Gasteiger partial charge in [-0.05, 0) is 50.4 Å². The van der Waals surface area contributed by atoms with Crippen LogP contribution in [-0.2, 0) is 6.54 Å². The molecule has 2 atom stereocenters. The largest absolute Gasteiger partial charge is 0.508 e. The van der Waals surface area contributed by atoms with Crippen LogP contribution < -0.4 is 10.6 Å². The minimum atomic E-state index is 0.332. The zero-order valence-electron chi connectivity index (χ0n) is 11.2. The second kappa shape index (κ2) is 6.76. The number of hydrogen-bond donors (Lipinski definition) is 3. The molecule has 0 spiro atoms. The van der Waals surface area contributed by atoms with Gasteiger partial charge in [-0.25, -0.2) is 0 Å². The molecule has 1 aliphatic heterocycles. The molecule has 1 heterocycles. The van der Waals surface area contributed by atoms with Gasteiger partial charge in [-0.2, -0.15) is 0 Å². The van der Waals surface area contributed by atoms with Gasteiger partial charge >= 0.3 is 0 Å². The van der Waals surface area contributed by atoms with Gasteiger partial charge in [0, 0.05) is 18.6 Å². The molecule has 0 radical (unpaired) electrons. The fourth-order valence-corrected chi connectivity index (χ4v) is 2.54. The summed E-state index contributed by atoms with van der Waals surface area (Å²) in [6.07, 6.45) is 5.19. The number of piperidine rings is 1. The molecule has 3 nitrogen and oxygen atoms in total. The van der Waals surface area contributed by atoms with E-state index in [0.717, 1.165) is 6.54 Å². The van der Waals surface area contributed by atoms with Crippen LogP contribution >= 0.6 is 0 Å². The minimum Gasteiger partial charge on any atom is -0.508 e. The van der Waals surface area contributed by atoms with Crippen molar-refractivity contribution in [3.8, 4) is 5.75 Å². The van der Waals surface area contributed by atoms with Crippen LogP contribution in [0.5, 0.6) is 5.75 Å². The zero-order valence-corrected chi connectivity index (χ0v) is 11.2. The van der Waals surface area contributed by atoms with Gasteiger partial charge in [0.1, 0.15) is 5.75 Å². The molecule has 3 N–H and O–H groups in total. The molecule has 2 unspecified atom stereocenters. The summed E-state index contributed by atoms with van der Waals surface area (Å²) >= 11 is 0. The number of phenolic OH excluding ortho intramolecular Hbond substituents is 1. The number of aromatic hydroxyl groups is 1. The normalized spacial score (nSPS) is 21.7. The Labute approximate surface area is 110 Å². The average Bonchev–Trinajstić information content (AvgIpc) is 2.39. The fourth-order valence-electron chi connectivity index (χ4n) is 2.54. The minimum absolute atomic E-state index is 0.332. The highest BCUT2D eigenvalue weighted by molar-refractivity contribution is 5.25. The summed E-state index contributed by atoms with van der Waals surface area (Å²) in [4.78, 5) is 0. The Kier molecular flexibility index (Phi) is 5.02. The Morgan fingerprint density at radius 1 is 1.33 bits per heavy atom. The lowest BCUT2D eigenvalue weighted by atomic mass is 9.99. The molecule has 1 aromatic carbocycles. The molecular formula is C15H24N2O. The monoisotopic (exact) mass is 248 g/mol. The van der Waals surface area contributed by atoms with Crippen LogP contribution in [0.2, 0.25) is 0 Å². The first-order valence-corrected chi connectivity index (χ1v) is 6.99. The summed E-state index contributed by atoms with van der Waals surface area (Å²) in [7, 11) is 0. The van der Waals surface area contributed by atoms with Gasteiger partial charge in [0.15, 0.2) is 0 Å². The van der Waals surface area contributed by atoms with Gasteiger partial charge in [-0.1, -0.05) is 18.6 Å². The predicted octanol–water partition coefficient (Wildman–Crippen LogP) is 2.40. The lowest BCUT2D eigenvalue weighted by molar-refractivity contribution is 0.344. The molecule has 0 bridgehead atoms. The molecule has 0 aliphatic carbocycles. The van der Waals surface area contributed by atoms with E-state index < -0.39 is 0 Å². The van der Waals surface area contributed by atoms with Crippen molar-refractivity contribution in [2.75, 3.05) is 6.54 Å². The Hall–Kier alpha value is -1.06. The van der Waals surface area contributed by atoms with Crippen molar-refractivity contribution in [2.45, 2.75) is 51.2 Å². The van der Waals surface area contributed by atoms with E-state index in [1.54, 1.807) is 12.1 Å². The smallest absolute Gasteiger partial charge is 0.115 e. The van der Waals surface area contributed by atoms with Crippen LogP contribution in [0.1, 0.15) is 38.2 Å². The highest BCUT2D eigenvalue weighted by Crippen LogP contribution is 2.13. The Morgan fingerprint density at radius 3 is 2.78 bits per heavy atom. The van der Waals surface area contributed by atoms with Gasteiger partial charge < -0.3 is 15.7 Å². The van der Waals surface area contributed by atoms with Gasteiger partial charge in [0.25, 0.3) is 0 Å². The quantitative estimate of drug-likeness (QED) is 0.750. The van der Waals surface area contributed by atoms with Crippen LogP contribution in [0.3, 0.4) is 0 Å². The number of rotatable bonds is 5. The number of benzene rings is 1. The number of nitrogens with one attached hydrogen (secondary N) is 2. The molecule has 100 valence electrons. The van der Waals surface area contributed by atoms with E-state index in [2.05, 4.69) is 17.6 Å². The van der Waals surface area contributed by atoms with Crippen molar-refractivity contribution in [1.29, 1.82) is 0 Å². The van der Waals surface area contributed by atoms with E-state index in [4.69, 9.17) is 0 Å². The third-order valence-corrected chi connectivity index (χ3v) is 3.64.